The number of aromatic nitrogens is 5. The molecule has 1 aliphatic rings. The summed E-state index contributed by atoms with van der Waals surface area (Å²) in [5, 5.41) is 11.8. The van der Waals surface area contributed by atoms with Gasteiger partial charge in [-0.05, 0) is 38.1 Å². The van der Waals surface area contributed by atoms with Crippen LogP contribution in [0.15, 0.2) is 28.8 Å². The fourth-order valence-electron chi connectivity index (χ4n) is 3.07. The molecule has 0 aliphatic carbocycles. The minimum atomic E-state index is -1.35. The molecule has 0 bridgehead atoms. The summed E-state index contributed by atoms with van der Waals surface area (Å²) in [7, 11) is 0. The summed E-state index contributed by atoms with van der Waals surface area (Å²) in [5.74, 6) is 0.303. The zero-order valence-corrected chi connectivity index (χ0v) is 14.6. The van der Waals surface area contributed by atoms with E-state index >= 15 is 0 Å². The van der Waals surface area contributed by atoms with Crippen LogP contribution in [0, 0.1) is 5.82 Å². The van der Waals surface area contributed by atoms with Crippen molar-refractivity contribution < 1.29 is 18.1 Å². The lowest BCUT2D eigenvalue weighted by Crippen LogP contribution is -2.41. The number of carbonyl (C=O) groups excluding carboxylic acids is 1. The average Bonchev–Trinajstić information content (AvgIpc) is 3.29. The van der Waals surface area contributed by atoms with Crippen LogP contribution in [0.3, 0.4) is 0 Å². The van der Waals surface area contributed by atoms with E-state index in [0.29, 0.717) is 30.3 Å². The normalized spacial score (nSPS) is 17.6. The molecule has 1 unspecified atom stereocenters. The van der Waals surface area contributed by atoms with Gasteiger partial charge in [0.15, 0.2) is 12.0 Å². The van der Waals surface area contributed by atoms with Crippen molar-refractivity contribution in [1.82, 2.24) is 29.8 Å². The molecule has 8 nitrogen and oxygen atoms in total. The summed E-state index contributed by atoms with van der Waals surface area (Å²) >= 11 is 0. The van der Waals surface area contributed by atoms with Gasteiger partial charge in [0.05, 0.1) is 6.04 Å². The number of amides is 1. The Morgan fingerprint density at radius 2 is 2.00 bits per heavy atom. The monoisotopic (exact) mass is 374 g/mol. The maximum absolute atomic E-state index is 13.3. The Morgan fingerprint density at radius 1 is 1.26 bits per heavy atom. The molecule has 0 spiro atoms. The number of benzene rings is 1. The van der Waals surface area contributed by atoms with Crippen LogP contribution in [0.2, 0.25) is 0 Å². The molecule has 4 rings (SSSR count). The van der Waals surface area contributed by atoms with Gasteiger partial charge in [-0.2, -0.15) is 4.98 Å². The Labute approximate surface area is 152 Å². The van der Waals surface area contributed by atoms with Gasteiger partial charge < -0.3 is 14.0 Å². The molecule has 140 valence electrons. The van der Waals surface area contributed by atoms with Crippen molar-refractivity contribution in [3.05, 3.63) is 47.3 Å². The van der Waals surface area contributed by atoms with Gasteiger partial charge >= 0.3 is 0 Å². The highest BCUT2D eigenvalue weighted by Gasteiger charge is 2.33. The van der Waals surface area contributed by atoms with E-state index < -0.39 is 12.0 Å². The van der Waals surface area contributed by atoms with E-state index in [1.165, 1.54) is 31.2 Å². The standard InChI is InChI=1S/C17H16F2N6O2/c1-9(18)13-20-16(27-23-13)15-22-21-14-10(2)24(7-8-25(14)15)17(26)11-3-5-12(19)6-4-11/h3-6,9-10H,7-8H2,1-2H3/t9?,10-/m1/s1. The van der Waals surface area contributed by atoms with Crippen LogP contribution in [-0.4, -0.2) is 42.3 Å². The van der Waals surface area contributed by atoms with Gasteiger partial charge in [-0.1, -0.05) is 5.16 Å². The predicted molar refractivity (Wildman–Crippen MR) is 88.7 cm³/mol. The molecule has 0 radical (unpaired) electrons. The quantitative estimate of drug-likeness (QED) is 0.700. The van der Waals surface area contributed by atoms with Crippen molar-refractivity contribution in [2.24, 2.45) is 0 Å². The van der Waals surface area contributed by atoms with E-state index in [0.717, 1.165) is 0 Å². The van der Waals surface area contributed by atoms with Gasteiger partial charge in [-0.25, -0.2) is 8.78 Å². The third-order valence-electron chi connectivity index (χ3n) is 4.53. The summed E-state index contributed by atoms with van der Waals surface area (Å²) in [4.78, 5) is 18.4. The second-order valence-electron chi connectivity index (χ2n) is 6.29. The second kappa shape index (κ2) is 6.53. The summed E-state index contributed by atoms with van der Waals surface area (Å²) < 4.78 is 33.3. The van der Waals surface area contributed by atoms with Crippen LogP contribution < -0.4 is 0 Å². The van der Waals surface area contributed by atoms with Crippen molar-refractivity contribution in [2.45, 2.75) is 32.6 Å². The first kappa shape index (κ1) is 17.3. The molecule has 10 heteroatoms. The Kier molecular flexibility index (Phi) is 4.17. The minimum absolute atomic E-state index is 0.0562. The summed E-state index contributed by atoms with van der Waals surface area (Å²) in [5.41, 5.74) is 0.398. The molecule has 2 aromatic heterocycles. The van der Waals surface area contributed by atoms with Crippen molar-refractivity contribution >= 4 is 5.91 Å². The minimum Gasteiger partial charge on any atom is -0.330 e. The van der Waals surface area contributed by atoms with E-state index in [4.69, 9.17) is 4.52 Å². The number of rotatable bonds is 3. The number of fused-ring (bicyclic) bond motifs is 1. The summed E-state index contributed by atoms with van der Waals surface area (Å²) in [6.45, 7) is 3.95. The fraction of sp³-hybridized carbons (Fsp3) is 0.353. The van der Waals surface area contributed by atoms with E-state index in [2.05, 4.69) is 20.3 Å². The zero-order valence-electron chi connectivity index (χ0n) is 14.6. The molecule has 1 amide bonds. The lowest BCUT2D eigenvalue weighted by molar-refractivity contribution is 0.0638. The first-order valence-corrected chi connectivity index (χ1v) is 8.43. The summed E-state index contributed by atoms with van der Waals surface area (Å²) in [6.07, 6.45) is -1.35. The molecule has 3 heterocycles. The molecule has 1 aliphatic heterocycles. The lowest BCUT2D eigenvalue weighted by atomic mass is 10.1. The number of alkyl halides is 1. The molecule has 0 fully saturated rings. The van der Waals surface area contributed by atoms with Gasteiger partial charge in [0.25, 0.3) is 11.8 Å². The van der Waals surface area contributed by atoms with Gasteiger partial charge in [-0.3, -0.25) is 4.79 Å². The third kappa shape index (κ3) is 2.96. The van der Waals surface area contributed by atoms with Crippen molar-refractivity contribution in [1.29, 1.82) is 0 Å². The molecule has 3 aromatic rings. The van der Waals surface area contributed by atoms with Crippen LogP contribution in [0.1, 0.15) is 48.1 Å². The average molecular weight is 374 g/mol. The van der Waals surface area contributed by atoms with Gasteiger partial charge in [0.2, 0.25) is 11.6 Å². The van der Waals surface area contributed by atoms with Gasteiger partial charge in [0, 0.05) is 18.7 Å². The third-order valence-corrected chi connectivity index (χ3v) is 4.53. The molecule has 0 saturated carbocycles. The lowest BCUT2D eigenvalue weighted by Gasteiger charge is -2.33. The van der Waals surface area contributed by atoms with Crippen molar-refractivity contribution in [3.63, 3.8) is 0 Å². The van der Waals surface area contributed by atoms with E-state index in [1.54, 1.807) is 9.47 Å². The number of carbonyl (C=O) groups is 1. The Balaban J connectivity index is 1.61. The Bertz CT molecular complexity index is 982. The van der Waals surface area contributed by atoms with Gasteiger partial charge in [-0.15, -0.1) is 10.2 Å². The van der Waals surface area contributed by atoms with E-state index in [-0.39, 0.29) is 23.7 Å². The highest BCUT2D eigenvalue weighted by molar-refractivity contribution is 5.94. The smallest absolute Gasteiger partial charge is 0.295 e. The zero-order chi connectivity index (χ0) is 19.1. The topological polar surface area (TPSA) is 89.9 Å². The van der Waals surface area contributed by atoms with Crippen molar-refractivity contribution in [2.75, 3.05) is 6.54 Å². The van der Waals surface area contributed by atoms with Crippen LogP contribution in [0.25, 0.3) is 11.7 Å². The number of hydrogen-bond acceptors (Lipinski definition) is 6. The van der Waals surface area contributed by atoms with Crippen LogP contribution in [-0.2, 0) is 6.54 Å². The highest BCUT2D eigenvalue weighted by Crippen LogP contribution is 2.29. The molecule has 27 heavy (non-hydrogen) atoms. The molecular formula is C17H16F2N6O2. The SMILES string of the molecule is CC(F)c1noc(-c2nnc3n2CCN(C(=O)c2ccc(F)cc2)[C@@H]3C)n1. The number of halogens is 2. The van der Waals surface area contributed by atoms with E-state index in [1.807, 2.05) is 6.92 Å². The second-order valence-corrected chi connectivity index (χ2v) is 6.29. The molecule has 0 saturated heterocycles. The van der Waals surface area contributed by atoms with E-state index in [9.17, 15) is 13.6 Å². The van der Waals surface area contributed by atoms with Crippen LogP contribution >= 0.6 is 0 Å². The molecule has 0 N–H and O–H groups in total. The molecule has 1 aromatic carbocycles. The first-order chi connectivity index (χ1) is 13.0. The maximum atomic E-state index is 13.3. The van der Waals surface area contributed by atoms with Crippen LogP contribution in [0.4, 0.5) is 8.78 Å². The Morgan fingerprint density at radius 3 is 2.67 bits per heavy atom. The van der Waals surface area contributed by atoms with Crippen molar-refractivity contribution in [3.8, 4) is 11.7 Å². The maximum Gasteiger partial charge on any atom is 0.295 e. The highest BCUT2D eigenvalue weighted by atomic mass is 19.1. The number of hydrogen-bond donors (Lipinski definition) is 0. The summed E-state index contributed by atoms with van der Waals surface area (Å²) in [6, 6.07) is 5.05. The number of nitrogens with zero attached hydrogens (tertiary/aromatic N) is 6. The molecular weight excluding hydrogens is 358 g/mol. The van der Waals surface area contributed by atoms with Crippen LogP contribution in [0.5, 0.6) is 0 Å². The predicted octanol–water partition coefficient (Wildman–Crippen LogP) is 2.71. The Hall–Kier alpha value is -3.17. The first-order valence-electron chi connectivity index (χ1n) is 8.43. The fourth-order valence-corrected chi connectivity index (χ4v) is 3.07. The molecule has 2 atom stereocenters. The van der Waals surface area contributed by atoms with Gasteiger partial charge in [0.1, 0.15) is 5.82 Å². The largest absolute Gasteiger partial charge is 0.330 e.